The number of anilines is 1. The molecule has 0 fully saturated rings. The summed E-state index contributed by atoms with van der Waals surface area (Å²) in [6.07, 6.45) is 3.59. The van der Waals surface area contributed by atoms with E-state index in [2.05, 4.69) is 10.00 Å². The van der Waals surface area contributed by atoms with Crippen LogP contribution < -0.4 is 9.64 Å². The van der Waals surface area contributed by atoms with Crippen LogP contribution in [0.2, 0.25) is 0 Å². The maximum atomic E-state index is 14.4. The maximum absolute atomic E-state index is 14.4. The Labute approximate surface area is 211 Å². The number of aromatic nitrogens is 3. The van der Waals surface area contributed by atoms with Crippen LogP contribution >= 0.6 is 11.3 Å². The zero-order chi connectivity index (χ0) is 25.1. The van der Waals surface area contributed by atoms with E-state index in [1.165, 1.54) is 34.5 Å². The van der Waals surface area contributed by atoms with Gasteiger partial charge in [-0.3, -0.25) is 0 Å². The Morgan fingerprint density at radius 3 is 2.50 bits per heavy atom. The molecule has 5 aromatic rings. The highest BCUT2D eigenvalue weighted by molar-refractivity contribution is 7.22. The number of halogens is 1. The highest BCUT2D eigenvalue weighted by Crippen LogP contribution is 2.32. The van der Waals surface area contributed by atoms with E-state index in [4.69, 9.17) is 14.8 Å². The lowest BCUT2D eigenvalue weighted by Crippen LogP contribution is -2.25. The third kappa shape index (κ3) is 5.06. The van der Waals surface area contributed by atoms with Gasteiger partial charge in [0.05, 0.1) is 34.8 Å². The number of hydrogen-bond donors (Lipinski definition) is 1. The third-order valence-corrected chi connectivity index (χ3v) is 7.00. The number of aromatic carboxylic acids is 1. The lowest BCUT2D eigenvalue weighted by atomic mass is 10.1. The summed E-state index contributed by atoms with van der Waals surface area (Å²) in [4.78, 5) is 18.0. The lowest BCUT2D eigenvalue weighted by molar-refractivity contribution is 0.0697. The van der Waals surface area contributed by atoms with Crippen molar-refractivity contribution in [2.75, 3.05) is 18.6 Å². The first kappa shape index (κ1) is 23.5. The van der Waals surface area contributed by atoms with Crippen LogP contribution in [0.1, 0.15) is 21.5 Å². The number of carbonyl (C=O) groups is 1. The molecular formula is C27H23FN4O3S. The molecule has 36 heavy (non-hydrogen) atoms. The van der Waals surface area contributed by atoms with Gasteiger partial charge in [0.25, 0.3) is 0 Å². The fraction of sp³-hybridized carbons (Fsp3) is 0.148. The first-order chi connectivity index (χ1) is 17.5. The summed E-state index contributed by atoms with van der Waals surface area (Å²) < 4.78 is 21.7. The highest BCUT2D eigenvalue weighted by atomic mass is 32.1. The van der Waals surface area contributed by atoms with Crippen molar-refractivity contribution < 1.29 is 19.0 Å². The molecule has 3 aromatic carbocycles. The van der Waals surface area contributed by atoms with Crippen LogP contribution in [0.4, 0.5) is 9.52 Å². The zero-order valence-electron chi connectivity index (χ0n) is 19.5. The summed E-state index contributed by atoms with van der Waals surface area (Å²) in [5.41, 5.74) is 3.74. The van der Waals surface area contributed by atoms with Crippen LogP contribution in [-0.4, -0.2) is 39.5 Å². The molecule has 0 amide bonds. The van der Waals surface area contributed by atoms with E-state index in [-0.39, 0.29) is 11.4 Å². The van der Waals surface area contributed by atoms with E-state index in [0.717, 1.165) is 34.1 Å². The molecule has 0 spiro atoms. The van der Waals surface area contributed by atoms with E-state index in [1.54, 1.807) is 13.2 Å². The summed E-state index contributed by atoms with van der Waals surface area (Å²) >= 11 is 1.35. The molecule has 5 rings (SSSR count). The number of fused-ring (bicyclic) bond motifs is 1. The summed E-state index contributed by atoms with van der Waals surface area (Å²) in [5.74, 6) is -0.474. The topological polar surface area (TPSA) is 80.5 Å². The fourth-order valence-corrected chi connectivity index (χ4v) is 4.88. The summed E-state index contributed by atoms with van der Waals surface area (Å²) in [7, 11) is 1.64. The zero-order valence-corrected chi connectivity index (χ0v) is 20.3. The predicted octanol–water partition coefficient (Wildman–Crippen LogP) is 5.58. The molecule has 9 heteroatoms. The van der Waals surface area contributed by atoms with Gasteiger partial charge in [-0.15, -0.1) is 0 Å². The summed E-state index contributed by atoms with van der Waals surface area (Å²) in [6, 6.07) is 20.7. The number of nitrogens with zero attached hydrogens (tertiary/aromatic N) is 4. The van der Waals surface area contributed by atoms with Crippen LogP contribution in [-0.2, 0) is 13.0 Å². The molecule has 0 atom stereocenters. The van der Waals surface area contributed by atoms with E-state index in [9.17, 15) is 9.18 Å². The van der Waals surface area contributed by atoms with E-state index in [1.807, 2.05) is 54.6 Å². The molecule has 1 N–H and O–H groups in total. The molecule has 0 radical (unpaired) electrons. The van der Waals surface area contributed by atoms with Gasteiger partial charge in [0.15, 0.2) is 5.13 Å². The second-order valence-electron chi connectivity index (χ2n) is 8.25. The van der Waals surface area contributed by atoms with Crippen LogP contribution in [0.3, 0.4) is 0 Å². The van der Waals surface area contributed by atoms with Gasteiger partial charge >= 0.3 is 5.97 Å². The Morgan fingerprint density at radius 1 is 1.08 bits per heavy atom. The Balaban J connectivity index is 1.39. The average Bonchev–Trinajstić information content (AvgIpc) is 3.56. The van der Waals surface area contributed by atoms with Gasteiger partial charge in [-0.25, -0.2) is 18.9 Å². The fourth-order valence-electron chi connectivity index (χ4n) is 3.89. The number of benzene rings is 3. The van der Waals surface area contributed by atoms with Crippen molar-refractivity contribution in [2.24, 2.45) is 0 Å². The SMILES string of the molecule is COc1ccc(CCN(Cc2ccc(-n3cc(C(=O)O)cn3)cc2)c2nc3cccc(F)c3s2)cc1. The van der Waals surface area contributed by atoms with Gasteiger partial charge in [0.1, 0.15) is 11.6 Å². The molecule has 0 bridgehead atoms. The van der Waals surface area contributed by atoms with E-state index >= 15 is 0 Å². The second-order valence-corrected chi connectivity index (χ2v) is 9.23. The molecule has 2 aromatic heterocycles. The van der Waals surface area contributed by atoms with Crippen molar-refractivity contribution in [2.45, 2.75) is 13.0 Å². The number of carboxylic acid groups (broad SMARTS) is 1. The van der Waals surface area contributed by atoms with Crippen molar-refractivity contribution in [1.29, 1.82) is 0 Å². The van der Waals surface area contributed by atoms with Gasteiger partial charge in [0, 0.05) is 19.3 Å². The Bertz CT molecular complexity index is 1500. The number of carboxylic acids is 1. The quantitative estimate of drug-likeness (QED) is 0.284. The number of ether oxygens (including phenoxy) is 1. The predicted molar refractivity (Wildman–Crippen MR) is 138 cm³/mol. The first-order valence-corrected chi connectivity index (χ1v) is 12.1. The number of hydrogen-bond acceptors (Lipinski definition) is 6. The number of thiazole rings is 1. The molecule has 0 aliphatic rings. The molecular weight excluding hydrogens is 479 g/mol. The third-order valence-electron chi connectivity index (χ3n) is 5.86. The molecule has 0 unspecified atom stereocenters. The van der Waals surface area contributed by atoms with Gasteiger partial charge in [0.2, 0.25) is 0 Å². The summed E-state index contributed by atoms with van der Waals surface area (Å²) in [5, 5.41) is 14.0. The van der Waals surface area contributed by atoms with Gasteiger partial charge in [-0.1, -0.05) is 41.7 Å². The normalized spacial score (nSPS) is 11.1. The van der Waals surface area contributed by atoms with Crippen LogP contribution in [0, 0.1) is 5.82 Å². The van der Waals surface area contributed by atoms with E-state index < -0.39 is 5.97 Å². The monoisotopic (exact) mass is 502 g/mol. The summed E-state index contributed by atoms with van der Waals surface area (Å²) in [6.45, 7) is 1.27. The van der Waals surface area contributed by atoms with Crippen molar-refractivity contribution in [3.8, 4) is 11.4 Å². The molecule has 0 saturated heterocycles. The van der Waals surface area contributed by atoms with E-state index in [0.29, 0.717) is 23.3 Å². The smallest absolute Gasteiger partial charge is 0.338 e. The first-order valence-electron chi connectivity index (χ1n) is 11.3. The molecule has 7 nitrogen and oxygen atoms in total. The Hall–Kier alpha value is -4.24. The van der Waals surface area contributed by atoms with Crippen molar-refractivity contribution >= 4 is 32.7 Å². The standard InChI is InChI=1S/C27H23FN4O3S/c1-35-22-11-7-18(8-12-22)13-14-31(27-30-24-4-2-3-23(28)25(24)36-27)16-19-5-9-21(10-6-19)32-17-20(15-29-32)26(33)34/h2-12,15,17H,13-14,16H2,1H3,(H,33,34). The van der Waals surface area contributed by atoms with Crippen LogP contribution in [0.15, 0.2) is 79.1 Å². The largest absolute Gasteiger partial charge is 0.497 e. The van der Waals surface area contributed by atoms with Crippen molar-refractivity contribution in [3.05, 3.63) is 102 Å². The molecule has 0 aliphatic heterocycles. The lowest BCUT2D eigenvalue weighted by Gasteiger charge is -2.22. The van der Waals surface area contributed by atoms with Crippen molar-refractivity contribution in [3.63, 3.8) is 0 Å². The van der Waals surface area contributed by atoms with Gasteiger partial charge < -0.3 is 14.7 Å². The van der Waals surface area contributed by atoms with Crippen molar-refractivity contribution in [1.82, 2.24) is 14.8 Å². The Kier molecular flexibility index (Phi) is 6.64. The Morgan fingerprint density at radius 2 is 1.83 bits per heavy atom. The molecule has 0 saturated carbocycles. The van der Waals surface area contributed by atoms with Crippen LogP contribution in [0.25, 0.3) is 15.9 Å². The molecule has 182 valence electrons. The van der Waals surface area contributed by atoms with Gasteiger partial charge in [-0.2, -0.15) is 5.10 Å². The molecule has 2 heterocycles. The minimum absolute atomic E-state index is 0.131. The average molecular weight is 503 g/mol. The van der Waals surface area contributed by atoms with Crippen LogP contribution in [0.5, 0.6) is 5.75 Å². The number of rotatable bonds is 9. The minimum Gasteiger partial charge on any atom is -0.497 e. The maximum Gasteiger partial charge on any atom is 0.338 e. The highest BCUT2D eigenvalue weighted by Gasteiger charge is 2.16. The minimum atomic E-state index is -1.02. The molecule has 0 aliphatic carbocycles. The van der Waals surface area contributed by atoms with Gasteiger partial charge in [-0.05, 0) is 53.9 Å². The second kappa shape index (κ2) is 10.2. The number of methoxy groups -OCH3 is 1.